The Kier molecular flexibility index (Phi) is 2.85. The van der Waals surface area contributed by atoms with Gasteiger partial charge in [0, 0.05) is 33.0 Å². The van der Waals surface area contributed by atoms with Crippen LogP contribution in [-0.4, -0.2) is 21.8 Å². The summed E-state index contributed by atoms with van der Waals surface area (Å²) in [7, 11) is 3.79. The average molecular weight is 220 g/mol. The predicted molar refractivity (Wildman–Crippen MR) is 59.5 cm³/mol. The van der Waals surface area contributed by atoms with Crippen LogP contribution in [-0.2, 0) is 13.6 Å². The lowest BCUT2D eigenvalue weighted by atomic mass is 10.2. The van der Waals surface area contributed by atoms with Gasteiger partial charge in [-0.15, -0.1) is 0 Å². The van der Waals surface area contributed by atoms with Crippen molar-refractivity contribution in [2.24, 2.45) is 7.05 Å². The van der Waals surface area contributed by atoms with E-state index in [1.165, 1.54) is 12.3 Å². The van der Waals surface area contributed by atoms with Crippen LogP contribution in [0.4, 0.5) is 10.1 Å². The number of hydrogen-bond donors (Lipinski definition) is 0. The minimum absolute atomic E-state index is 0.308. The summed E-state index contributed by atoms with van der Waals surface area (Å²) < 4.78 is 14.7. The van der Waals surface area contributed by atoms with Crippen molar-refractivity contribution < 1.29 is 4.39 Å². The summed E-state index contributed by atoms with van der Waals surface area (Å²) in [5, 5.41) is 4.08. The van der Waals surface area contributed by atoms with E-state index in [4.69, 9.17) is 0 Å². The summed E-state index contributed by atoms with van der Waals surface area (Å²) >= 11 is 0. The first kappa shape index (κ1) is 10.6. The minimum atomic E-state index is -0.308. The van der Waals surface area contributed by atoms with Gasteiger partial charge in [0.05, 0.1) is 18.1 Å². The molecule has 0 amide bonds. The van der Waals surface area contributed by atoms with Gasteiger partial charge in [-0.25, -0.2) is 4.39 Å². The second-order valence-corrected chi connectivity index (χ2v) is 3.74. The van der Waals surface area contributed by atoms with Crippen LogP contribution in [0.5, 0.6) is 0 Å². The van der Waals surface area contributed by atoms with Crippen molar-refractivity contribution in [3.63, 3.8) is 0 Å². The Balaban J connectivity index is 2.10. The number of anilines is 1. The van der Waals surface area contributed by atoms with Crippen LogP contribution < -0.4 is 4.90 Å². The van der Waals surface area contributed by atoms with Crippen LogP contribution in [0.25, 0.3) is 0 Å². The molecular formula is C11H13FN4. The Hall–Kier alpha value is -1.91. The van der Waals surface area contributed by atoms with Gasteiger partial charge >= 0.3 is 0 Å². The molecule has 0 saturated heterocycles. The molecule has 4 nitrogen and oxygen atoms in total. The molecule has 0 unspecified atom stereocenters. The maximum absolute atomic E-state index is 12.9. The zero-order valence-corrected chi connectivity index (χ0v) is 9.26. The van der Waals surface area contributed by atoms with Crippen molar-refractivity contribution in [2.45, 2.75) is 6.54 Å². The first-order valence-electron chi connectivity index (χ1n) is 4.94. The molecule has 0 aromatic carbocycles. The van der Waals surface area contributed by atoms with Gasteiger partial charge in [0.15, 0.2) is 0 Å². The fraction of sp³-hybridized carbons (Fsp3) is 0.273. The van der Waals surface area contributed by atoms with E-state index in [0.29, 0.717) is 6.54 Å². The molecule has 0 aliphatic carbocycles. The molecular weight excluding hydrogens is 207 g/mol. The SMILES string of the molecule is CN(Cc1cncc(F)c1)c1cnn(C)c1. The molecule has 0 atom stereocenters. The molecule has 0 radical (unpaired) electrons. The van der Waals surface area contributed by atoms with Gasteiger partial charge < -0.3 is 4.90 Å². The van der Waals surface area contributed by atoms with Crippen molar-refractivity contribution in [1.82, 2.24) is 14.8 Å². The molecule has 84 valence electrons. The first-order chi connectivity index (χ1) is 7.65. The van der Waals surface area contributed by atoms with Crippen LogP contribution in [0, 0.1) is 5.82 Å². The van der Waals surface area contributed by atoms with E-state index >= 15 is 0 Å². The lowest BCUT2D eigenvalue weighted by Crippen LogP contribution is -2.16. The van der Waals surface area contributed by atoms with Gasteiger partial charge in [-0.3, -0.25) is 9.67 Å². The van der Waals surface area contributed by atoms with Crippen molar-refractivity contribution >= 4 is 5.69 Å². The number of pyridine rings is 1. The van der Waals surface area contributed by atoms with E-state index in [1.807, 2.05) is 25.2 Å². The van der Waals surface area contributed by atoms with E-state index in [2.05, 4.69) is 10.1 Å². The van der Waals surface area contributed by atoms with Gasteiger partial charge in [-0.05, 0) is 11.6 Å². The van der Waals surface area contributed by atoms with Gasteiger partial charge in [-0.1, -0.05) is 0 Å². The number of halogens is 1. The molecule has 0 bridgehead atoms. The molecule has 0 aliphatic rings. The Morgan fingerprint density at radius 1 is 1.38 bits per heavy atom. The highest BCUT2D eigenvalue weighted by Crippen LogP contribution is 2.13. The van der Waals surface area contributed by atoms with Crippen molar-refractivity contribution in [3.8, 4) is 0 Å². The highest BCUT2D eigenvalue weighted by Gasteiger charge is 2.05. The van der Waals surface area contributed by atoms with Crippen LogP contribution in [0.3, 0.4) is 0 Å². The zero-order valence-electron chi connectivity index (χ0n) is 9.26. The molecule has 0 spiro atoms. The van der Waals surface area contributed by atoms with Gasteiger partial charge in [0.1, 0.15) is 5.82 Å². The third kappa shape index (κ3) is 2.36. The molecule has 2 rings (SSSR count). The van der Waals surface area contributed by atoms with E-state index in [-0.39, 0.29) is 5.82 Å². The molecule has 2 heterocycles. The Morgan fingerprint density at radius 2 is 2.19 bits per heavy atom. The molecule has 16 heavy (non-hydrogen) atoms. The highest BCUT2D eigenvalue weighted by atomic mass is 19.1. The lowest BCUT2D eigenvalue weighted by molar-refractivity contribution is 0.618. The molecule has 2 aromatic rings. The fourth-order valence-corrected chi connectivity index (χ4v) is 1.51. The monoisotopic (exact) mass is 220 g/mol. The topological polar surface area (TPSA) is 34.0 Å². The van der Waals surface area contributed by atoms with Crippen LogP contribution in [0.1, 0.15) is 5.56 Å². The summed E-state index contributed by atoms with van der Waals surface area (Å²) in [6.45, 7) is 0.608. The second-order valence-electron chi connectivity index (χ2n) is 3.74. The van der Waals surface area contributed by atoms with Gasteiger partial charge in [-0.2, -0.15) is 5.10 Å². The smallest absolute Gasteiger partial charge is 0.141 e. The normalized spacial score (nSPS) is 10.4. The Labute approximate surface area is 93.3 Å². The molecule has 0 saturated carbocycles. The maximum atomic E-state index is 12.9. The number of aryl methyl sites for hydroxylation is 1. The fourth-order valence-electron chi connectivity index (χ4n) is 1.51. The van der Waals surface area contributed by atoms with Crippen LogP contribution >= 0.6 is 0 Å². The largest absolute Gasteiger partial charge is 0.368 e. The number of rotatable bonds is 3. The van der Waals surface area contributed by atoms with Crippen molar-refractivity contribution in [3.05, 3.63) is 42.2 Å². The Morgan fingerprint density at radius 3 is 2.81 bits per heavy atom. The summed E-state index contributed by atoms with van der Waals surface area (Å²) in [5.41, 5.74) is 1.83. The van der Waals surface area contributed by atoms with Gasteiger partial charge in [0.2, 0.25) is 0 Å². The first-order valence-corrected chi connectivity index (χ1v) is 4.94. The number of hydrogen-bond acceptors (Lipinski definition) is 3. The van der Waals surface area contributed by atoms with E-state index < -0.39 is 0 Å². The van der Waals surface area contributed by atoms with Crippen LogP contribution in [0.2, 0.25) is 0 Å². The average Bonchev–Trinajstić information content (AvgIpc) is 2.65. The molecule has 2 aromatic heterocycles. The Bertz CT molecular complexity index is 480. The molecule has 5 heteroatoms. The van der Waals surface area contributed by atoms with Gasteiger partial charge in [0.25, 0.3) is 0 Å². The molecule has 0 aliphatic heterocycles. The summed E-state index contributed by atoms with van der Waals surface area (Å²) in [6, 6.07) is 1.49. The van der Waals surface area contributed by atoms with E-state index in [1.54, 1.807) is 17.1 Å². The maximum Gasteiger partial charge on any atom is 0.141 e. The highest BCUT2D eigenvalue weighted by molar-refractivity contribution is 5.41. The van der Waals surface area contributed by atoms with E-state index in [0.717, 1.165) is 11.3 Å². The summed E-state index contributed by atoms with van der Waals surface area (Å²) in [4.78, 5) is 5.80. The third-order valence-electron chi connectivity index (χ3n) is 2.31. The summed E-state index contributed by atoms with van der Waals surface area (Å²) in [6.07, 6.45) is 6.54. The van der Waals surface area contributed by atoms with Crippen molar-refractivity contribution in [2.75, 3.05) is 11.9 Å². The van der Waals surface area contributed by atoms with Crippen LogP contribution in [0.15, 0.2) is 30.9 Å². The second kappa shape index (κ2) is 4.30. The number of nitrogens with zero attached hydrogens (tertiary/aromatic N) is 4. The lowest BCUT2D eigenvalue weighted by Gasteiger charge is -2.16. The molecule has 0 fully saturated rings. The molecule has 0 N–H and O–H groups in total. The summed E-state index contributed by atoms with van der Waals surface area (Å²) in [5.74, 6) is -0.308. The minimum Gasteiger partial charge on any atom is -0.368 e. The van der Waals surface area contributed by atoms with E-state index in [9.17, 15) is 4.39 Å². The standard InChI is InChI=1S/C11H13FN4/c1-15(11-6-14-16(2)8-11)7-9-3-10(12)5-13-4-9/h3-6,8H,7H2,1-2H3. The van der Waals surface area contributed by atoms with Crippen molar-refractivity contribution in [1.29, 1.82) is 0 Å². The quantitative estimate of drug-likeness (QED) is 0.787. The third-order valence-corrected chi connectivity index (χ3v) is 2.31. The predicted octanol–water partition coefficient (Wildman–Crippen LogP) is 1.59. The number of aromatic nitrogens is 3. The zero-order chi connectivity index (χ0) is 11.5.